The number of aromatic nitrogens is 1. The van der Waals surface area contributed by atoms with Gasteiger partial charge < -0.3 is 0 Å². The number of aryl methyl sites for hydroxylation is 1. The van der Waals surface area contributed by atoms with Gasteiger partial charge in [0.15, 0.2) is 0 Å². The van der Waals surface area contributed by atoms with Gasteiger partial charge in [-0.1, -0.05) is 0 Å². The van der Waals surface area contributed by atoms with Crippen LogP contribution in [0.3, 0.4) is 0 Å². The SMILES string of the molecule is CCCCc1onc(-c2ccccc2)[c]1[Sn]([CH3])([CH3])[CH3]. The van der Waals surface area contributed by atoms with Crippen molar-refractivity contribution >= 4 is 22.0 Å². The normalized spacial score (nSPS) is 11.8. The van der Waals surface area contributed by atoms with E-state index in [2.05, 4.69) is 51.2 Å². The standard InChI is InChI=1S/C13H14NO.3CH3.Sn/c1-2-3-9-12-10-13(14-15-12)11-7-5-4-6-8-11;;;;/h4-8H,2-3,9H2,1H3;3*1H3;. The van der Waals surface area contributed by atoms with Crippen LogP contribution in [-0.4, -0.2) is 23.5 Å². The van der Waals surface area contributed by atoms with Crippen LogP contribution in [-0.2, 0) is 6.42 Å². The number of unbranched alkanes of at least 4 members (excludes halogenated alkanes) is 1. The van der Waals surface area contributed by atoms with E-state index < -0.39 is 18.4 Å². The summed E-state index contributed by atoms with van der Waals surface area (Å²) in [5.41, 5.74) is 2.28. The fourth-order valence-electron chi connectivity index (χ4n) is 2.40. The van der Waals surface area contributed by atoms with Crippen LogP contribution in [0.15, 0.2) is 34.9 Å². The molecule has 2 aromatic rings. The van der Waals surface area contributed by atoms with Crippen molar-refractivity contribution < 1.29 is 4.52 Å². The van der Waals surface area contributed by atoms with Crippen molar-refractivity contribution in [3.8, 4) is 11.3 Å². The van der Waals surface area contributed by atoms with Gasteiger partial charge in [-0.3, -0.25) is 0 Å². The molecule has 0 spiro atoms. The second-order valence-corrected chi connectivity index (χ2v) is 20.3. The quantitative estimate of drug-likeness (QED) is 0.743. The van der Waals surface area contributed by atoms with Crippen LogP contribution in [0.2, 0.25) is 14.8 Å². The molecule has 0 fully saturated rings. The first-order valence-corrected chi connectivity index (χ1v) is 17.1. The molecule has 1 aromatic heterocycles. The summed E-state index contributed by atoms with van der Waals surface area (Å²) in [6.45, 7) is 2.22. The van der Waals surface area contributed by atoms with Crippen molar-refractivity contribution in [2.24, 2.45) is 0 Å². The Labute approximate surface area is 120 Å². The van der Waals surface area contributed by atoms with Gasteiger partial charge in [0, 0.05) is 0 Å². The molecule has 0 aliphatic rings. The number of nitrogens with zero attached hydrogens (tertiary/aromatic N) is 1. The summed E-state index contributed by atoms with van der Waals surface area (Å²) in [5, 5.41) is 4.38. The van der Waals surface area contributed by atoms with E-state index in [0.717, 1.165) is 17.9 Å². The average molecular weight is 364 g/mol. The van der Waals surface area contributed by atoms with Gasteiger partial charge in [0.05, 0.1) is 0 Å². The zero-order valence-corrected chi connectivity index (χ0v) is 15.2. The summed E-state index contributed by atoms with van der Waals surface area (Å²) in [6, 6.07) is 10.4. The van der Waals surface area contributed by atoms with Gasteiger partial charge in [0.2, 0.25) is 0 Å². The van der Waals surface area contributed by atoms with E-state index in [9.17, 15) is 0 Å². The van der Waals surface area contributed by atoms with Crippen LogP contribution in [0, 0.1) is 0 Å². The molecule has 3 heteroatoms. The summed E-state index contributed by atoms with van der Waals surface area (Å²) in [4.78, 5) is 7.30. The molecule has 0 saturated heterocycles. The van der Waals surface area contributed by atoms with E-state index in [1.54, 1.807) is 0 Å². The Morgan fingerprint density at radius 3 is 2.37 bits per heavy atom. The van der Waals surface area contributed by atoms with Gasteiger partial charge in [-0.2, -0.15) is 0 Å². The molecule has 0 radical (unpaired) electrons. The number of benzene rings is 1. The summed E-state index contributed by atoms with van der Waals surface area (Å²) in [6.07, 6.45) is 3.40. The van der Waals surface area contributed by atoms with Crippen LogP contribution in [0.1, 0.15) is 25.5 Å². The van der Waals surface area contributed by atoms with Crippen LogP contribution in [0.4, 0.5) is 0 Å². The van der Waals surface area contributed by atoms with Gasteiger partial charge in [-0.25, -0.2) is 0 Å². The molecule has 0 unspecified atom stereocenters. The van der Waals surface area contributed by atoms with Crippen LogP contribution in [0.5, 0.6) is 0 Å². The van der Waals surface area contributed by atoms with Crippen molar-refractivity contribution in [2.45, 2.75) is 41.0 Å². The van der Waals surface area contributed by atoms with Gasteiger partial charge in [-0.15, -0.1) is 0 Å². The zero-order valence-electron chi connectivity index (χ0n) is 12.4. The Hall–Kier alpha value is -0.771. The molecule has 0 bridgehead atoms. The van der Waals surface area contributed by atoms with Crippen molar-refractivity contribution in [3.05, 3.63) is 36.1 Å². The van der Waals surface area contributed by atoms with Crippen LogP contribution in [0.25, 0.3) is 11.3 Å². The van der Waals surface area contributed by atoms with Gasteiger partial charge in [0.25, 0.3) is 0 Å². The van der Waals surface area contributed by atoms with Crippen molar-refractivity contribution in [1.29, 1.82) is 0 Å². The summed E-state index contributed by atoms with van der Waals surface area (Å²) >= 11 is -2.23. The van der Waals surface area contributed by atoms with E-state index in [0.29, 0.717) is 0 Å². The Bertz CT molecular complexity index is 525. The van der Waals surface area contributed by atoms with E-state index in [4.69, 9.17) is 4.52 Å². The van der Waals surface area contributed by atoms with Gasteiger partial charge in [-0.05, 0) is 0 Å². The van der Waals surface area contributed by atoms with E-state index in [1.165, 1.54) is 22.0 Å². The number of hydrogen-bond donors (Lipinski definition) is 0. The fourth-order valence-corrected chi connectivity index (χ4v) is 7.84. The second kappa shape index (κ2) is 6.12. The minimum absolute atomic E-state index is 1.03. The molecule has 2 rings (SSSR count). The first kappa shape index (κ1) is 14.6. The maximum absolute atomic E-state index is 5.68. The Morgan fingerprint density at radius 2 is 1.79 bits per heavy atom. The van der Waals surface area contributed by atoms with Crippen molar-refractivity contribution in [3.63, 3.8) is 0 Å². The molecule has 2 nitrogen and oxygen atoms in total. The van der Waals surface area contributed by atoms with E-state index >= 15 is 0 Å². The molecule has 19 heavy (non-hydrogen) atoms. The van der Waals surface area contributed by atoms with Crippen LogP contribution < -0.4 is 3.58 Å². The third-order valence-corrected chi connectivity index (χ3v) is 9.07. The third-order valence-electron chi connectivity index (χ3n) is 3.32. The maximum atomic E-state index is 5.68. The predicted molar refractivity (Wildman–Crippen MR) is 83.5 cm³/mol. The molecule has 0 atom stereocenters. The molecule has 0 amide bonds. The summed E-state index contributed by atoms with van der Waals surface area (Å²) in [5.74, 6) is 1.14. The topological polar surface area (TPSA) is 26.0 Å². The number of rotatable bonds is 5. The molecule has 0 N–H and O–H groups in total. The summed E-state index contributed by atoms with van der Waals surface area (Å²) in [7, 11) is 0. The molecule has 1 heterocycles. The number of hydrogen-bond acceptors (Lipinski definition) is 2. The predicted octanol–water partition coefficient (Wildman–Crippen LogP) is 4.23. The average Bonchev–Trinajstić information content (AvgIpc) is 2.81. The monoisotopic (exact) mass is 365 g/mol. The van der Waals surface area contributed by atoms with Crippen LogP contribution >= 0.6 is 0 Å². The van der Waals surface area contributed by atoms with Gasteiger partial charge in [0.1, 0.15) is 0 Å². The van der Waals surface area contributed by atoms with Crippen molar-refractivity contribution in [2.75, 3.05) is 0 Å². The van der Waals surface area contributed by atoms with E-state index in [-0.39, 0.29) is 0 Å². The molecule has 0 saturated carbocycles. The van der Waals surface area contributed by atoms with Gasteiger partial charge >= 0.3 is 120 Å². The Kier molecular flexibility index (Phi) is 4.71. The Morgan fingerprint density at radius 1 is 1.11 bits per heavy atom. The molecule has 0 aliphatic heterocycles. The fraction of sp³-hybridized carbons (Fsp3) is 0.438. The first-order chi connectivity index (χ1) is 9.04. The molecule has 1 aromatic carbocycles. The molecular formula is C16H23NOSn. The zero-order chi connectivity index (χ0) is 13.9. The minimum atomic E-state index is -2.23. The molecular weight excluding hydrogens is 341 g/mol. The molecule has 102 valence electrons. The van der Waals surface area contributed by atoms with Crippen molar-refractivity contribution in [1.82, 2.24) is 5.16 Å². The second-order valence-electron chi connectivity index (χ2n) is 6.05. The third kappa shape index (κ3) is 3.41. The Balaban J connectivity index is 2.47. The summed E-state index contributed by atoms with van der Waals surface area (Å²) < 4.78 is 7.15. The first-order valence-electron chi connectivity index (χ1n) is 7.08. The molecule has 0 aliphatic carbocycles. The van der Waals surface area contributed by atoms with E-state index in [1.807, 2.05) is 6.07 Å².